The van der Waals surface area contributed by atoms with Gasteiger partial charge in [-0.1, -0.05) is 61.8 Å². The first-order valence-corrected chi connectivity index (χ1v) is 8.35. The summed E-state index contributed by atoms with van der Waals surface area (Å²) in [5, 5.41) is 0. The van der Waals surface area contributed by atoms with E-state index in [1.807, 2.05) is 0 Å². The Morgan fingerprint density at radius 3 is 1.74 bits per heavy atom. The average molecular weight is 270 g/mol. The highest BCUT2D eigenvalue weighted by molar-refractivity contribution is 4.80. The molecule has 0 bridgehead atoms. The molecule has 0 aromatic rings. The summed E-state index contributed by atoms with van der Waals surface area (Å²) in [4.78, 5) is 0. The van der Waals surface area contributed by atoms with Crippen LogP contribution in [0.15, 0.2) is 0 Å². The molecule has 0 saturated heterocycles. The van der Waals surface area contributed by atoms with Gasteiger partial charge in [0, 0.05) is 0 Å². The fourth-order valence-electron chi connectivity index (χ4n) is 3.07. The molecular weight excluding hydrogens is 230 g/mol. The summed E-state index contributed by atoms with van der Waals surface area (Å²) in [5.74, 6) is 3.94. The molecule has 0 radical (unpaired) electrons. The third-order valence-electron chi connectivity index (χ3n) is 5.73. The van der Waals surface area contributed by atoms with Gasteiger partial charge in [-0.2, -0.15) is 0 Å². The van der Waals surface area contributed by atoms with Crippen LogP contribution < -0.4 is 5.73 Å². The minimum absolute atomic E-state index is 0.322. The fourth-order valence-corrected chi connectivity index (χ4v) is 3.07. The molecule has 3 unspecified atom stereocenters. The van der Waals surface area contributed by atoms with Crippen LogP contribution in [0, 0.1) is 35.0 Å². The molecule has 0 saturated carbocycles. The first-order valence-electron chi connectivity index (χ1n) is 8.35. The van der Waals surface area contributed by atoms with Gasteiger partial charge in [0.15, 0.2) is 0 Å². The molecule has 19 heavy (non-hydrogen) atoms. The van der Waals surface area contributed by atoms with Gasteiger partial charge in [0.25, 0.3) is 0 Å². The van der Waals surface area contributed by atoms with E-state index in [1.165, 1.54) is 19.3 Å². The van der Waals surface area contributed by atoms with Gasteiger partial charge in [-0.25, -0.2) is 0 Å². The van der Waals surface area contributed by atoms with Crippen molar-refractivity contribution in [2.45, 2.75) is 74.7 Å². The normalized spacial score (nSPS) is 18.9. The molecule has 0 aromatic heterocycles. The molecule has 116 valence electrons. The summed E-state index contributed by atoms with van der Waals surface area (Å²) in [6.45, 7) is 19.7. The van der Waals surface area contributed by atoms with Crippen molar-refractivity contribution in [2.24, 2.45) is 40.7 Å². The van der Waals surface area contributed by atoms with Gasteiger partial charge in [0.05, 0.1) is 0 Å². The van der Waals surface area contributed by atoms with Crippen molar-refractivity contribution in [3.05, 3.63) is 0 Å². The molecule has 0 rings (SSSR count). The second kappa shape index (κ2) is 8.29. The predicted octanol–water partition coefficient (Wildman–Crippen LogP) is 5.34. The number of rotatable bonds is 9. The Balaban J connectivity index is 4.42. The van der Waals surface area contributed by atoms with Crippen LogP contribution in [0.3, 0.4) is 0 Å². The predicted molar refractivity (Wildman–Crippen MR) is 88.2 cm³/mol. The van der Waals surface area contributed by atoms with Gasteiger partial charge in [-0.15, -0.1) is 0 Å². The highest BCUT2D eigenvalue weighted by Crippen LogP contribution is 2.36. The number of nitrogens with two attached hydrogens (primary N) is 1. The van der Waals surface area contributed by atoms with Crippen LogP contribution in [0.4, 0.5) is 0 Å². The van der Waals surface area contributed by atoms with E-state index in [4.69, 9.17) is 5.73 Å². The zero-order chi connectivity index (χ0) is 15.2. The van der Waals surface area contributed by atoms with Gasteiger partial charge in [0.1, 0.15) is 0 Å². The van der Waals surface area contributed by atoms with E-state index in [9.17, 15) is 0 Å². The van der Waals surface area contributed by atoms with Crippen LogP contribution in [0.2, 0.25) is 0 Å². The summed E-state index contributed by atoms with van der Waals surface area (Å²) in [5.41, 5.74) is 6.31. The van der Waals surface area contributed by atoms with E-state index in [-0.39, 0.29) is 0 Å². The molecule has 0 heterocycles. The molecule has 1 heteroatoms. The Bertz CT molecular complexity index is 232. The first-order chi connectivity index (χ1) is 8.65. The second-order valence-electron chi connectivity index (χ2n) is 7.92. The first kappa shape index (κ1) is 19.0. The number of hydrogen-bond acceptors (Lipinski definition) is 1. The van der Waals surface area contributed by atoms with Crippen LogP contribution in [-0.2, 0) is 0 Å². The molecular formula is C18H39N. The molecule has 0 spiro atoms. The average Bonchev–Trinajstić information content (AvgIpc) is 2.32. The highest BCUT2D eigenvalue weighted by Gasteiger charge is 2.28. The Morgan fingerprint density at radius 2 is 1.42 bits per heavy atom. The van der Waals surface area contributed by atoms with Gasteiger partial charge < -0.3 is 5.73 Å². The summed E-state index contributed by atoms with van der Waals surface area (Å²) in [6, 6.07) is 0. The summed E-state index contributed by atoms with van der Waals surface area (Å²) >= 11 is 0. The van der Waals surface area contributed by atoms with Crippen molar-refractivity contribution < 1.29 is 0 Å². The lowest BCUT2D eigenvalue weighted by Crippen LogP contribution is -2.33. The van der Waals surface area contributed by atoms with Crippen molar-refractivity contribution >= 4 is 0 Å². The monoisotopic (exact) mass is 269 g/mol. The topological polar surface area (TPSA) is 26.0 Å². The smallest absolute Gasteiger partial charge is 0.00207 e. The van der Waals surface area contributed by atoms with Crippen LogP contribution >= 0.6 is 0 Å². The van der Waals surface area contributed by atoms with E-state index >= 15 is 0 Å². The maximum atomic E-state index is 5.99. The van der Waals surface area contributed by atoms with E-state index in [0.29, 0.717) is 11.3 Å². The summed E-state index contributed by atoms with van der Waals surface area (Å²) < 4.78 is 0. The molecule has 1 nitrogen and oxygen atoms in total. The van der Waals surface area contributed by atoms with Crippen LogP contribution in [-0.4, -0.2) is 6.54 Å². The van der Waals surface area contributed by atoms with Crippen LogP contribution in [0.25, 0.3) is 0 Å². The third kappa shape index (κ3) is 5.85. The zero-order valence-electron chi connectivity index (χ0n) is 14.8. The third-order valence-corrected chi connectivity index (χ3v) is 5.73. The molecule has 0 fully saturated rings. The summed E-state index contributed by atoms with van der Waals surface area (Å²) in [6.07, 6.45) is 3.96. The molecule has 0 aliphatic carbocycles. The Morgan fingerprint density at radius 1 is 0.895 bits per heavy atom. The van der Waals surface area contributed by atoms with Crippen molar-refractivity contribution in [1.82, 2.24) is 0 Å². The van der Waals surface area contributed by atoms with Gasteiger partial charge in [-0.3, -0.25) is 0 Å². The maximum Gasteiger partial charge on any atom is -0.00207 e. The minimum atomic E-state index is 0.322. The zero-order valence-corrected chi connectivity index (χ0v) is 14.8. The Labute approximate surface area is 122 Å². The molecule has 0 amide bonds. The lowest BCUT2D eigenvalue weighted by atomic mass is 9.72. The van der Waals surface area contributed by atoms with E-state index < -0.39 is 0 Å². The van der Waals surface area contributed by atoms with Crippen molar-refractivity contribution in [2.75, 3.05) is 6.54 Å². The largest absolute Gasteiger partial charge is 0.330 e. The lowest BCUT2D eigenvalue weighted by molar-refractivity contribution is 0.164. The van der Waals surface area contributed by atoms with Gasteiger partial charge in [0.2, 0.25) is 0 Å². The minimum Gasteiger partial charge on any atom is -0.330 e. The lowest BCUT2D eigenvalue weighted by Gasteiger charge is -2.35. The van der Waals surface area contributed by atoms with Crippen LogP contribution in [0.1, 0.15) is 74.7 Å². The van der Waals surface area contributed by atoms with Crippen LogP contribution in [0.5, 0.6) is 0 Å². The molecule has 0 aliphatic rings. The van der Waals surface area contributed by atoms with Gasteiger partial charge in [-0.05, 0) is 54.4 Å². The molecule has 0 aromatic carbocycles. The highest BCUT2D eigenvalue weighted by atomic mass is 14.6. The molecule has 2 N–H and O–H groups in total. The van der Waals surface area contributed by atoms with Gasteiger partial charge >= 0.3 is 0 Å². The van der Waals surface area contributed by atoms with Crippen molar-refractivity contribution in [1.29, 1.82) is 0 Å². The second-order valence-corrected chi connectivity index (χ2v) is 7.92. The SMILES string of the molecule is CC(C)C(C)C(CCCC(C)(CN)C(C)C)C(C)C. The quantitative estimate of drug-likeness (QED) is 0.600. The summed E-state index contributed by atoms with van der Waals surface area (Å²) in [7, 11) is 0. The molecule has 3 atom stereocenters. The molecule has 0 aliphatic heterocycles. The van der Waals surface area contributed by atoms with Crippen molar-refractivity contribution in [3.8, 4) is 0 Å². The fraction of sp³-hybridized carbons (Fsp3) is 1.00. The van der Waals surface area contributed by atoms with E-state index in [0.717, 1.165) is 30.2 Å². The maximum absolute atomic E-state index is 5.99. The Kier molecular flexibility index (Phi) is 8.27. The van der Waals surface area contributed by atoms with E-state index in [1.54, 1.807) is 0 Å². The van der Waals surface area contributed by atoms with Crippen molar-refractivity contribution in [3.63, 3.8) is 0 Å². The number of hydrogen-bond donors (Lipinski definition) is 1. The van der Waals surface area contributed by atoms with E-state index in [2.05, 4.69) is 55.4 Å². The standard InChI is InChI=1S/C18H39N/c1-13(2)16(7)17(14(3)4)10-9-11-18(8,12-19)15(5)6/h13-17H,9-12,19H2,1-8H3. The Hall–Kier alpha value is -0.0400.